The van der Waals surface area contributed by atoms with E-state index in [1.807, 2.05) is 13.8 Å². The Kier molecular flexibility index (Phi) is 5.47. The number of amides is 1. The highest BCUT2D eigenvalue weighted by Crippen LogP contribution is 2.23. The minimum Gasteiger partial charge on any atom is -0.467 e. The summed E-state index contributed by atoms with van der Waals surface area (Å²) in [6.45, 7) is 4.78. The minimum atomic E-state index is -3.70. The van der Waals surface area contributed by atoms with Gasteiger partial charge in [0, 0.05) is 25.3 Å². The topological polar surface area (TPSA) is 97.4 Å². The molecule has 0 radical (unpaired) electrons. The van der Waals surface area contributed by atoms with Crippen LogP contribution in [0.1, 0.15) is 38.5 Å². The van der Waals surface area contributed by atoms with Crippen molar-refractivity contribution < 1.29 is 17.6 Å². The van der Waals surface area contributed by atoms with E-state index in [-0.39, 0.29) is 29.4 Å². The number of rotatable bonds is 6. The van der Waals surface area contributed by atoms with Crippen LogP contribution >= 0.6 is 0 Å². The normalized spacial score (nSPS) is 19.0. The van der Waals surface area contributed by atoms with Gasteiger partial charge in [-0.1, -0.05) is 0 Å². The van der Waals surface area contributed by atoms with E-state index < -0.39 is 10.0 Å². The van der Waals surface area contributed by atoms with E-state index in [9.17, 15) is 13.2 Å². The molecule has 1 atom stereocenters. The molecule has 0 spiro atoms. The van der Waals surface area contributed by atoms with Crippen molar-refractivity contribution in [3.05, 3.63) is 36.7 Å². The summed E-state index contributed by atoms with van der Waals surface area (Å²) >= 11 is 0. The zero-order chi connectivity index (χ0) is 18.7. The molecular weight excluding hydrogens is 356 g/mol. The maximum absolute atomic E-state index is 12.8. The first-order valence-electron chi connectivity index (χ1n) is 8.71. The number of sulfonamides is 1. The van der Waals surface area contributed by atoms with Gasteiger partial charge in [0.1, 0.15) is 5.76 Å². The van der Waals surface area contributed by atoms with Crippen LogP contribution in [0.2, 0.25) is 0 Å². The molecule has 0 saturated carbocycles. The van der Waals surface area contributed by atoms with Gasteiger partial charge in [0.15, 0.2) is 5.03 Å². The number of hydrogen-bond acceptors (Lipinski definition) is 5. The first-order valence-corrected chi connectivity index (χ1v) is 10.2. The quantitative estimate of drug-likeness (QED) is 0.824. The number of imidazole rings is 1. The summed E-state index contributed by atoms with van der Waals surface area (Å²) in [5, 5.41) is 2.84. The summed E-state index contributed by atoms with van der Waals surface area (Å²) in [4.78, 5) is 16.4. The van der Waals surface area contributed by atoms with E-state index >= 15 is 0 Å². The molecule has 3 rings (SSSR count). The smallest absolute Gasteiger partial charge is 0.262 e. The van der Waals surface area contributed by atoms with Crippen LogP contribution in [0, 0.1) is 5.92 Å². The van der Waals surface area contributed by atoms with Crippen molar-refractivity contribution in [2.75, 3.05) is 13.1 Å². The maximum Gasteiger partial charge on any atom is 0.262 e. The molecule has 142 valence electrons. The predicted octanol–water partition coefficient (Wildman–Crippen LogP) is 1.77. The van der Waals surface area contributed by atoms with Gasteiger partial charge in [0.05, 0.1) is 25.1 Å². The van der Waals surface area contributed by atoms with Gasteiger partial charge >= 0.3 is 0 Å². The van der Waals surface area contributed by atoms with Gasteiger partial charge < -0.3 is 14.3 Å². The zero-order valence-corrected chi connectivity index (χ0v) is 15.8. The predicted molar refractivity (Wildman–Crippen MR) is 94.6 cm³/mol. The van der Waals surface area contributed by atoms with E-state index in [2.05, 4.69) is 10.3 Å². The molecule has 0 aromatic carbocycles. The van der Waals surface area contributed by atoms with E-state index in [0.29, 0.717) is 31.7 Å². The lowest BCUT2D eigenvalue weighted by Crippen LogP contribution is -2.45. The highest BCUT2D eigenvalue weighted by atomic mass is 32.2. The number of aromatic nitrogens is 2. The summed E-state index contributed by atoms with van der Waals surface area (Å²) in [5.41, 5.74) is 0. The summed E-state index contributed by atoms with van der Waals surface area (Å²) in [6, 6.07) is 3.67. The summed E-state index contributed by atoms with van der Waals surface area (Å²) in [7, 11) is -3.70. The number of furan rings is 1. The molecule has 9 heteroatoms. The highest BCUT2D eigenvalue weighted by Gasteiger charge is 2.34. The third-order valence-corrected chi connectivity index (χ3v) is 6.30. The summed E-state index contributed by atoms with van der Waals surface area (Å²) in [6.07, 6.45) is 5.92. The Bertz CT molecular complexity index is 842. The van der Waals surface area contributed by atoms with Crippen molar-refractivity contribution in [2.24, 2.45) is 5.92 Å². The molecular formula is C17H24N4O4S. The minimum absolute atomic E-state index is 0.0304. The van der Waals surface area contributed by atoms with Crippen molar-refractivity contribution in [1.29, 1.82) is 0 Å². The second kappa shape index (κ2) is 7.63. The molecule has 0 unspecified atom stereocenters. The first kappa shape index (κ1) is 18.7. The number of piperidine rings is 1. The molecule has 2 aromatic heterocycles. The first-order chi connectivity index (χ1) is 12.4. The van der Waals surface area contributed by atoms with Gasteiger partial charge in [-0.15, -0.1) is 0 Å². The van der Waals surface area contributed by atoms with E-state index in [1.165, 1.54) is 10.6 Å². The van der Waals surface area contributed by atoms with Crippen molar-refractivity contribution in [1.82, 2.24) is 19.2 Å². The lowest BCUT2D eigenvalue weighted by molar-refractivity contribution is -0.126. The van der Waals surface area contributed by atoms with Crippen LogP contribution in [0.3, 0.4) is 0 Å². The van der Waals surface area contributed by atoms with Gasteiger partial charge in [-0.3, -0.25) is 4.79 Å². The molecule has 26 heavy (non-hydrogen) atoms. The van der Waals surface area contributed by atoms with Gasteiger partial charge in [-0.25, -0.2) is 13.4 Å². The van der Waals surface area contributed by atoms with E-state index in [1.54, 1.807) is 29.2 Å². The Balaban J connectivity index is 1.65. The zero-order valence-electron chi connectivity index (χ0n) is 15.0. The van der Waals surface area contributed by atoms with Gasteiger partial charge in [0.2, 0.25) is 5.91 Å². The van der Waals surface area contributed by atoms with Crippen molar-refractivity contribution in [3.8, 4) is 0 Å². The fourth-order valence-corrected chi connectivity index (χ4v) is 4.42. The molecule has 1 N–H and O–H groups in total. The number of nitrogens with one attached hydrogen (secondary N) is 1. The van der Waals surface area contributed by atoms with Crippen molar-refractivity contribution in [3.63, 3.8) is 0 Å². The van der Waals surface area contributed by atoms with Crippen LogP contribution in [0.4, 0.5) is 0 Å². The van der Waals surface area contributed by atoms with Gasteiger partial charge in [0.25, 0.3) is 10.0 Å². The largest absolute Gasteiger partial charge is 0.467 e. The lowest BCUT2D eigenvalue weighted by Gasteiger charge is -2.30. The van der Waals surface area contributed by atoms with Crippen LogP contribution in [0.25, 0.3) is 0 Å². The summed E-state index contributed by atoms with van der Waals surface area (Å²) in [5.74, 6) is 0.132. The third-order valence-electron chi connectivity index (χ3n) is 4.55. The third kappa shape index (κ3) is 3.99. The average Bonchev–Trinajstić information content (AvgIpc) is 3.31. The average molecular weight is 380 g/mol. The second-order valence-electron chi connectivity index (χ2n) is 6.75. The Hall–Kier alpha value is -2.13. The van der Waals surface area contributed by atoms with Crippen LogP contribution < -0.4 is 5.32 Å². The van der Waals surface area contributed by atoms with Crippen molar-refractivity contribution >= 4 is 15.9 Å². The van der Waals surface area contributed by atoms with E-state index in [0.717, 1.165) is 0 Å². The SMILES string of the molecule is CC(C)n1cnc(S(=O)(=O)N2CCC[C@H](C(=O)NCc3ccco3)C2)c1. The Morgan fingerprint density at radius 2 is 2.27 bits per heavy atom. The number of carbonyl (C=O) groups is 1. The fourth-order valence-electron chi connectivity index (χ4n) is 2.97. The molecule has 8 nitrogen and oxygen atoms in total. The van der Waals surface area contributed by atoms with Crippen LogP contribution in [0.15, 0.2) is 40.4 Å². The van der Waals surface area contributed by atoms with Gasteiger partial charge in [-0.2, -0.15) is 4.31 Å². The molecule has 1 amide bonds. The molecule has 0 aliphatic carbocycles. The molecule has 3 heterocycles. The highest BCUT2D eigenvalue weighted by molar-refractivity contribution is 7.89. The monoisotopic (exact) mass is 380 g/mol. The number of carbonyl (C=O) groups excluding carboxylic acids is 1. The Morgan fingerprint density at radius 1 is 1.46 bits per heavy atom. The Morgan fingerprint density at radius 3 is 2.92 bits per heavy atom. The second-order valence-corrected chi connectivity index (χ2v) is 8.64. The fraction of sp³-hybridized carbons (Fsp3) is 0.529. The number of nitrogens with zero attached hydrogens (tertiary/aromatic N) is 3. The van der Waals surface area contributed by atoms with Crippen LogP contribution in [-0.4, -0.2) is 41.3 Å². The standard InChI is InChI=1S/C17H24N4O4S/c1-13(2)20-11-16(19-12-20)26(23,24)21-7-3-5-14(10-21)17(22)18-9-15-6-4-8-25-15/h4,6,8,11-14H,3,5,7,9-10H2,1-2H3,(H,18,22)/t14-/m0/s1. The Labute approximate surface area is 153 Å². The van der Waals surface area contributed by atoms with Gasteiger partial charge in [-0.05, 0) is 38.8 Å². The molecule has 0 bridgehead atoms. The maximum atomic E-state index is 12.8. The molecule has 1 aliphatic rings. The molecule has 1 aliphatic heterocycles. The lowest BCUT2D eigenvalue weighted by atomic mass is 9.99. The van der Waals surface area contributed by atoms with Crippen molar-refractivity contribution in [2.45, 2.75) is 44.3 Å². The van der Waals surface area contributed by atoms with Crippen LogP contribution in [-0.2, 0) is 21.4 Å². The molecule has 1 fully saturated rings. The molecule has 2 aromatic rings. The van der Waals surface area contributed by atoms with E-state index in [4.69, 9.17) is 4.42 Å². The summed E-state index contributed by atoms with van der Waals surface area (Å²) < 4.78 is 34.0. The van der Waals surface area contributed by atoms with Crippen LogP contribution in [0.5, 0.6) is 0 Å². The molecule has 1 saturated heterocycles. The number of hydrogen-bond donors (Lipinski definition) is 1.